The Morgan fingerprint density at radius 2 is 1.93 bits per heavy atom. The first-order valence-electron chi connectivity index (χ1n) is 8.64. The molecule has 140 valence electrons. The predicted molar refractivity (Wildman–Crippen MR) is 107 cm³/mol. The molecule has 2 heterocycles. The Morgan fingerprint density at radius 1 is 1.14 bits per heavy atom. The molecule has 0 unspecified atom stereocenters. The predicted octanol–water partition coefficient (Wildman–Crippen LogP) is 4.60. The summed E-state index contributed by atoms with van der Waals surface area (Å²) in [4.78, 5) is 17.0. The fourth-order valence-corrected chi connectivity index (χ4v) is 3.59. The van der Waals surface area contributed by atoms with Crippen molar-refractivity contribution in [2.75, 3.05) is 7.11 Å². The monoisotopic (exact) mass is 391 g/mol. The molecule has 0 fully saturated rings. The van der Waals surface area contributed by atoms with Crippen molar-refractivity contribution in [1.29, 1.82) is 0 Å². The molecule has 4 aromatic rings. The molecule has 0 aliphatic carbocycles. The second kappa shape index (κ2) is 7.74. The summed E-state index contributed by atoms with van der Waals surface area (Å²) in [6.45, 7) is 1.80. The van der Waals surface area contributed by atoms with Gasteiger partial charge in [0.25, 0.3) is 0 Å². The summed E-state index contributed by atoms with van der Waals surface area (Å²) in [7, 11) is 1.64. The highest BCUT2D eigenvalue weighted by Gasteiger charge is 2.14. The second-order valence-electron chi connectivity index (χ2n) is 6.27. The Morgan fingerprint density at radius 3 is 2.57 bits per heavy atom. The van der Waals surface area contributed by atoms with Crippen LogP contribution in [0.3, 0.4) is 0 Å². The van der Waals surface area contributed by atoms with Gasteiger partial charge in [0, 0.05) is 17.5 Å². The third-order valence-electron chi connectivity index (χ3n) is 4.45. The van der Waals surface area contributed by atoms with E-state index in [1.54, 1.807) is 20.2 Å². The lowest BCUT2D eigenvalue weighted by atomic mass is 9.98. The molecule has 6 nitrogen and oxygen atoms in total. The van der Waals surface area contributed by atoms with Crippen molar-refractivity contribution in [3.05, 3.63) is 71.2 Å². The minimum Gasteiger partial charge on any atom is -0.496 e. The highest BCUT2D eigenvalue weighted by atomic mass is 32.1. The first kappa shape index (κ1) is 18.1. The molecule has 0 amide bonds. The third kappa shape index (κ3) is 3.57. The van der Waals surface area contributed by atoms with Crippen molar-refractivity contribution in [3.8, 4) is 28.2 Å². The van der Waals surface area contributed by atoms with Crippen molar-refractivity contribution < 1.29 is 13.9 Å². The van der Waals surface area contributed by atoms with Crippen LogP contribution in [0.2, 0.25) is 0 Å². The number of benzene rings is 2. The van der Waals surface area contributed by atoms with E-state index in [-0.39, 0.29) is 5.78 Å². The molecular weight excluding hydrogens is 374 g/mol. The van der Waals surface area contributed by atoms with Crippen molar-refractivity contribution >= 4 is 17.3 Å². The number of rotatable bonds is 6. The van der Waals surface area contributed by atoms with E-state index in [0.717, 1.165) is 39.5 Å². The van der Waals surface area contributed by atoms with Gasteiger partial charge >= 0.3 is 0 Å². The van der Waals surface area contributed by atoms with Gasteiger partial charge in [-0.1, -0.05) is 28.8 Å². The van der Waals surface area contributed by atoms with Crippen LogP contribution in [0.25, 0.3) is 22.5 Å². The van der Waals surface area contributed by atoms with Crippen LogP contribution in [0.15, 0.2) is 59.5 Å². The van der Waals surface area contributed by atoms with Crippen LogP contribution in [-0.4, -0.2) is 27.5 Å². The largest absolute Gasteiger partial charge is 0.496 e. The minimum absolute atomic E-state index is 0.0325. The Hall–Kier alpha value is -3.32. The van der Waals surface area contributed by atoms with E-state index in [0.29, 0.717) is 22.8 Å². The molecule has 0 N–H and O–H groups in total. The highest BCUT2D eigenvalue weighted by Crippen LogP contribution is 2.34. The number of aryl methyl sites for hydroxylation is 1. The lowest BCUT2D eigenvalue weighted by molar-refractivity contribution is 0.0996. The Kier molecular flexibility index (Phi) is 4.99. The van der Waals surface area contributed by atoms with Crippen LogP contribution in [0.1, 0.15) is 20.9 Å². The number of nitrogens with zero attached hydrogens (tertiary/aromatic N) is 3. The van der Waals surface area contributed by atoms with Crippen LogP contribution >= 0.6 is 11.5 Å². The number of carbonyl (C=O) groups is 1. The zero-order valence-electron chi connectivity index (χ0n) is 15.4. The number of ketones is 1. The van der Waals surface area contributed by atoms with E-state index in [1.807, 2.05) is 42.5 Å². The number of carbonyl (C=O) groups excluding carboxylic acids is 1. The lowest BCUT2D eigenvalue weighted by Crippen LogP contribution is -2.03. The van der Waals surface area contributed by atoms with Gasteiger partial charge in [-0.05, 0) is 47.8 Å². The van der Waals surface area contributed by atoms with Gasteiger partial charge in [0.2, 0.25) is 0 Å². The molecule has 7 heteroatoms. The van der Waals surface area contributed by atoms with E-state index >= 15 is 0 Å². The van der Waals surface area contributed by atoms with Gasteiger partial charge in [-0.25, -0.2) is 4.98 Å². The molecule has 0 saturated carbocycles. The fourth-order valence-electron chi connectivity index (χ4n) is 3.00. The van der Waals surface area contributed by atoms with Gasteiger partial charge in [-0.15, -0.1) is 5.10 Å². The summed E-state index contributed by atoms with van der Waals surface area (Å²) in [5, 5.41) is 3.90. The maximum atomic E-state index is 12.4. The Labute approximate surface area is 166 Å². The average Bonchev–Trinajstić information content (AvgIpc) is 3.40. The second-order valence-corrected chi connectivity index (χ2v) is 7.02. The highest BCUT2D eigenvalue weighted by molar-refractivity contribution is 7.08. The molecule has 0 bridgehead atoms. The maximum absolute atomic E-state index is 12.4. The van der Waals surface area contributed by atoms with Crippen molar-refractivity contribution in [1.82, 2.24) is 14.6 Å². The summed E-state index contributed by atoms with van der Waals surface area (Å²) in [6.07, 6.45) is 3.40. The van der Waals surface area contributed by atoms with Crippen molar-refractivity contribution in [3.63, 3.8) is 0 Å². The van der Waals surface area contributed by atoms with Gasteiger partial charge in [0.15, 0.2) is 17.9 Å². The third-order valence-corrected chi connectivity index (χ3v) is 5.32. The van der Waals surface area contributed by atoms with Gasteiger partial charge in [0.1, 0.15) is 10.6 Å². The molecule has 0 aliphatic heterocycles. The molecule has 0 radical (unpaired) electrons. The van der Waals surface area contributed by atoms with Gasteiger partial charge in [0.05, 0.1) is 19.0 Å². The Balaban J connectivity index is 1.61. The number of oxazole rings is 1. The maximum Gasteiger partial charge on any atom is 0.181 e. The number of ether oxygens (including phenoxy) is 1. The zero-order chi connectivity index (χ0) is 19.5. The van der Waals surface area contributed by atoms with Crippen molar-refractivity contribution in [2.45, 2.75) is 13.3 Å². The van der Waals surface area contributed by atoms with Crippen LogP contribution in [0.4, 0.5) is 0 Å². The SMILES string of the molecule is COc1ccc(-c2cnco2)cc1-c1ccc(CC(=O)c2snnc2C)cc1. The van der Waals surface area contributed by atoms with Gasteiger partial charge in [-0.2, -0.15) is 0 Å². The normalized spacial score (nSPS) is 10.8. The van der Waals surface area contributed by atoms with E-state index in [9.17, 15) is 4.79 Å². The average molecular weight is 391 g/mol. The molecule has 4 rings (SSSR count). The van der Waals surface area contributed by atoms with Crippen LogP contribution in [0.5, 0.6) is 5.75 Å². The standard InChI is InChI=1S/C21H17N3O3S/c1-13-21(28-24-23-13)18(25)9-14-3-5-15(6-4-14)17-10-16(7-8-19(17)26-2)20-11-22-12-27-20/h3-8,10-12H,9H2,1-2H3. The number of methoxy groups -OCH3 is 1. The lowest BCUT2D eigenvalue weighted by Gasteiger charge is -2.11. The molecule has 0 saturated heterocycles. The van der Waals surface area contributed by atoms with Gasteiger partial charge < -0.3 is 9.15 Å². The number of hydrogen-bond acceptors (Lipinski definition) is 7. The summed E-state index contributed by atoms with van der Waals surface area (Å²) in [5.74, 6) is 1.49. The van der Waals surface area contributed by atoms with Crippen LogP contribution < -0.4 is 4.74 Å². The number of Topliss-reactive ketones (excluding diaryl/α,β-unsaturated/α-hetero) is 1. The number of hydrogen-bond donors (Lipinski definition) is 0. The summed E-state index contributed by atoms with van der Waals surface area (Å²) < 4.78 is 14.7. The van der Waals surface area contributed by atoms with Crippen molar-refractivity contribution in [2.24, 2.45) is 0 Å². The molecule has 28 heavy (non-hydrogen) atoms. The quantitative estimate of drug-likeness (QED) is 0.447. The van der Waals surface area contributed by atoms with Crippen LogP contribution in [0, 0.1) is 6.92 Å². The first-order valence-corrected chi connectivity index (χ1v) is 9.41. The Bertz CT molecular complexity index is 1100. The minimum atomic E-state index is 0.0325. The number of aromatic nitrogens is 3. The fraction of sp³-hybridized carbons (Fsp3) is 0.143. The van der Waals surface area contributed by atoms with Crippen LogP contribution in [-0.2, 0) is 6.42 Å². The van der Waals surface area contributed by atoms with E-state index in [1.165, 1.54) is 6.39 Å². The smallest absolute Gasteiger partial charge is 0.181 e. The zero-order valence-corrected chi connectivity index (χ0v) is 16.2. The first-order chi connectivity index (χ1) is 13.7. The van der Waals surface area contributed by atoms with E-state index < -0.39 is 0 Å². The summed E-state index contributed by atoms with van der Waals surface area (Å²) in [5.41, 5.74) is 4.47. The molecular formula is C21H17N3O3S. The van der Waals surface area contributed by atoms with E-state index in [2.05, 4.69) is 14.6 Å². The molecule has 2 aromatic carbocycles. The molecule has 0 atom stereocenters. The summed E-state index contributed by atoms with van der Waals surface area (Å²) in [6, 6.07) is 13.7. The topological polar surface area (TPSA) is 78.1 Å². The van der Waals surface area contributed by atoms with Gasteiger partial charge in [-0.3, -0.25) is 4.79 Å². The summed E-state index contributed by atoms with van der Waals surface area (Å²) >= 11 is 1.14. The molecule has 0 aliphatic rings. The molecule has 2 aromatic heterocycles. The molecule has 0 spiro atoms. The van der Waals surface area contributed by atoms with E-state index in [4.69, 9.17) is 9.15 Å².